The number of hydrogen-bond acceptors (Lipinski definition) is 6. The maximum Gasteiger partial charge on any atom is 0.311 e. The number of aliphatic carboxylic acids is 1. The minimum Gasteiger partial charge on any atom is -0.481 e. The summed E-state index contributed by atoms with van der Waals surface area (Å²) in [5, 5.41) is 13.1. The molecule has 2 heterocycles. The molecule has 110 valence electrons. The van der Waals surface area contributed by atoms with Gasteiger partial charge in [0.2, 0.25) is 0 Å². The number of hydrogen-bond donors (Lipinski definition) is 1. The molecule has 0 spiro atoms. The Balaban J connectivity index is 2.20. The van der Waals surface area contributed by atoms with Crippen molar-refractivity contribution in [1.82, 2.24) is 14.5 Å². The molecule has 7 nitrogen and oxygen atoms in total. The van der Waals surface area contributed by atoms with Crippen molar-refractivity contribution in [3.8, 4) is 0 Å². The highest BCUT2D eigenvalue weighted by atomic mass is 32.1. The van der Waals surface area contributed by atoms with Crippen LogP contribution in [0.4, 0.5) is 0 Å². The van der Waals surface area contributed by atoms with E-state index >= 15 is 0 Å². The Morgan fingerprint density at radius 1 is 1.45 bits per heavy atom. The fourth-order valence-electron chi connectivity index (χ4n) is 2.20. The summed E-state index contributed by atoms with van der Waals surface area (Å²) in [6.07, 6.45) is 0. The molecule has 1 saturated heterocycles. The van der Waals surface area contributed by atoms with Gasteiger partial charge in [0, 0.05) is 7.05 Å². The van der Waals surface area contributed by atoms with Crippen LogP contribution in [0.25, 0.3) is 0 Å². The van der Waals surface area contributed by atoms with Crippen LogP contribution < -0.4 is 0 Å². The fourth-order valence-corrected chi connectivity index (χ4v) is 3.00. The van der Waals surface area contributed by atoms with Gasteiger partial charge in [-0.1, -0.05) is 18.3 Å². The number of carboxylic acid groups (broad SMARTS) is 1. The molecule has 1 amide bonds. The van der Waals surface area contributed by atoms with E-state index in [2.05, 4.69) is 9.59 Å². The number of carbonyl (C=O) groups excluding carboxylic acids is 1. The topological polar surface area (TPSA) is 92.6 Å². The van der Waals surface area contributed by atoms with Gasteiger partial charge in [0.05, 0.1) is 24.9 Å². The summed E-state index contributed by atoms with van der Waals surface area (Å²) >= 11 is 1.04. The van der Waals surface area contributed by atoms with E-state index in [0.29, 0.717) is 10.6 Å². The van der Waals surface area contributed by atoms with E-state index in [1.165, 1.54) is 4.90 Å². The maximum atomic E-state index is 12.5. The Morgan fingerprint density at radius 2 is 2.15 bits per heavy atom. The lowest BCUT2D eigenvalue weighted by Crippen LogP contribution is -2.44. The van der Waals surface area contributed by atoms with Gasteiger partial charge in [-0.05, 0) is 17.5 Å². The molecular weight excluding hydrogens is 282 g/mol. The first-order valence-corrected chi connectivity index (χ1v) is 7.10. The highest BCUT2D eigenvalue weighted by Gasteiger charge is 2.39. The van der Waals surface area contributed by atoms with Gasteiger partial charge in [0.1, 0.15) is 10.8 Å². The zero-order valence-corrected chi connectivity index (χ0v) is 12.4. The van der Waals surface area contributed by atoms with Crippen LogP contribution in [-0.4, -0.2) is 57.8 Å². The molecule has 1 aliphatic rings. The van der Waals surface area contributed by atoms with Crippen LogP contribution in [0.2, 0.25) is 0 Å². The number of likely N-dealkylation sites (N-methyl/N-ethyl adjacent to an activating group) is 1. The first kappa shape index (κ1) is 14.9. The summed E-state index contributed by atoms with van der Waals surface area (Å²) in [6.45, 7) is 4.25. The maximum absolute atomic E-state index is 12.5. The van der Waals surface area contributed by atoms with Crippen LogP contribution in [0.3, 0.4) is 0 Å². The van der Waals surface area contributed by atoms with Crippen molar-refractivity contribution in [2.45, 2.75) is 25.8 Å². The second kappa shape index (κ2) is 5.84. The van der Waals surface area contributed by atoms with Crippen LogP contribution >= 0.6 is 11.5 Å². The monoisotopic (exact) mass is 299 g/mol. The average Bonchev–Trinajstić information content (AvgIpc) is 3.05. The normalized spacial score (nSPS) is 22.2. The number of aromatic nitrogens is 2. The van der Waals surface area contributed by atoms with Gasteiger partial charge < -0.3 is 14.7 Å². The molecule has 1 aliphatic heterocycles. The Kier molecular flexibility index (Phi) is 4.34. The van der Waals surface area contributed by atoms with Crippen molar-refractivity contribution in [3.63, 3.8) is 0 Å². The molecule has 0 saturated carbocycles. The molecule has 0 radical (unpaired) electrons. The lowest BCUT2D eigenvalue weighted by atomic mass is 10.0. The van der Waals surface area contributed by atoms with E-state index in [1.807, 2.05) is 13.8 Å². The smallest absolute Gasteiger partial charge is 0.311 e. The van der Waals surface area contributed by atoms with E-state index < -0.39 is 17.9 Å². The quantitative estimate of drug-likeness (QED) is 0.885. The third-order valence-electron chi connectivity index (χ3n) is 3.44. The molecule has 0 aliphatic carbocycles. The van der Waals surface area contributed by atoms with Gasteiger partial charge >= 0.3 is 5.97 Å². The number of ether oxygens (including phenoxy) is 1. The Bertz CT molecular complexity index is 517. The molecular formula is C12H17N3O4S. The van der Waals surface area contributed by atoms with Gasteiger partial charge in [-0.3, -0.25) is 9.59 Å². The van der Waals surface area contributed by atoms with Crippen LogP contribution in [0.15, 0.2) is 0 Å². The van der Waals surface area contributed by atoms with Gasteiger partial charge in [0.15, 0.2) is 0 Å². The van der Waals surface area contributed by atoms with Crippen molar-refractivity contribution in [1.29, 1.82) is 0 Å². The van der Waals surface area contributed by atoms with Crippen LogP contribution in [-0.2, 0) is 9.53 Å². The van der Waals surface area contributed by atoms with Crippen LogP contribution in [0.5, 0.6) is 0 Å². The van der Waals surface area contributed by atoms with Gasteiger partial charge in [-0.15, -0.1) is 5.10 Å². The largest absolute Gasteiger partial charge is 0.481 e. The molecule has 2 atom stereocenters. The molecule has 0 bridgehead atoms. The number of amides is 1. The molecule has 0 aromatic carbocycles. The SMILES string of the molecule is CC(C)c1nnsc1C(=O)N(C)C1COCC1C(=O)O. The van der Waals surface area contributed by atoms with E-state index in [-0.39, 0.29) is 25.0 Å². The highest BCUT2D eigenvalue weighted by molar-refractivity contribution is 7.08. The summed E-state index contributed by atoms with van der Waals surface area (Å²) in [7, 11) is 1.60. The van der Waals surface area contributed by atoms with E-state index in [0.717, 1.165) is 11.5 Å². The lowest BCUT2D eigenvalue weighted by Gasteiger charge is -2.26. The van der Waals surface area contributed by atoms with Crippen LogP contribution in [0.1, 0.15) is 35.1 Å². The zero-order chi connectivity index (χ0) is 14.9. The average molecular weight is 299 g/mol. The molecule has 20 heavy (non-hydrogen) atoms. The van der Waals surface area contributed by atoms with Gasteiger partial charge in [-0.2, -0.15) is 0 Å². The van der Waals surface area contributed by atoms with Gasteiger partial charge in [-0.25, -0.2) is 0 Å². The van der Waals surface area contributed by atoms with Crippen molar-refractivity contribution in [2.75, 3.05) is 20.3 Å². The number of nitrogens with zero attached hydrogens (tertiary/aromatic N) is 3. The van der Waals surface area contributed by atoms with Crippen molar-refractivity contribution in [2.24, 2.45) is 5.92 Å². The minimum absolute atomic E-state index is 0.0937. The second-order valence-electron chi connectivity index (χ2n) is 5.11. The summed E-state index contributed by atoms with van der Waals surface area (Å²) in [5.41, 5.74) is 0.651. The van der Waals surface area contributed by atoms with Gasteiger partial charge in [0.25, 0.3) is 5.91 Å². The molecule has 1 aromatic heterocycles. The molecule has 1 fully saturated rings. The zero-order valence-electron chi connectivity index (χ0n) is 11.6. The molecule has 2 rings (SSSR count). The summed E-state index contributed by atoms with van der Waals surface area (Å²) in [6, 6.07) is -0.456. The summed E-state index contributed by atoms with van der Waals surface area (Å²) < 4.78 is 9.02. The Labute approximate surface area is 120 Å². The second-order valence-corrected chi connectivity index (χ2v) is 5.86. The van der Waals surface area contributed by atoms with Crippen LogP contribution in [0, 0.1) is 5.92 Å². The Hall–Kier alpha value is -1.54. The minimum atomic E-state index is -0.946. The highest BCUT2D eigenvalue weighted by Crippen LogP contribution is 2.25. The van der Waals surface area contributed by atoms with Crippen molar-refractivity contribution >= 4 is 23.4 Å². The van der Waals surface area contributed by atoms with E-state index in [9.17, 15) is 9.59 Å². The molecule has 1 N–H and O–H groups in total. The molecule has 8 heteroatoms. The third-order valence-corrected chi connectivity index (χ3v) is 4.17. The standard InChI is InChI=1S/C12H17N3O4S/c1-6(2)9-10(20-14-13-9)11(16)15(3)8-5-19-4-7(8)12(17)18/h6-8H,4-5H2,1-3H3,(H,17,18). The third kappa shape index (κ3) is 2.66. The summed E-state index contributed by atoms with van der Waals surface area (Å²) in [5.74, 6) is -1.78. The molecule has 2 unspecified atom stereocenters. The van der Waals surface area contributed by atoms with E-state index in [1.54, 1.807) is 7.05 Å². The summed E-state index contributed by atoms with van der Waals surface area (Å²) in [4.78, 5) is 25.6. The van der Waals surface area contributed by atoms with E-state index in [4.69, 9.17) is 9.84 Å². The predicted molar refractivity (Wildman–Crippen MR) is 71.8 cm³/mol. The number of carboxylic acids is 1. The first-order valence-electron chi connectivity index (χ1n) is 6.33. The first-order chi connectivity index (χ1) is 9.43. The Morgan fingerprint density at radius 3 is 2.75 bits per heavy atom. The number of rotatable bonds is 4. The lowest BCUT2D eigenvalue weighted by molar-refractivity contribution is -0.142. The molecule has 1 aromatic rings. The predicted octanol–water partition coefficient (Wildman–Crippen LogP) is 0.833. The fraction of sp³-hybridized carbons (Fsp3) is 0.667. The van der Waals surface area contributed by atoms with Crippen molar-refractivity contribution < 1.29 is 19.4 Å². The van der Waals surface area contributed by atoms with Crippen molar-refractivity contribution in [3.05, 3.63) is 10.6 Å². The number of carbonyl (C=O) groups is 2.